The maximum Gasteiger partial charge on any atom is 0.416 e. The fourth-order valence-electron chi connectivity index (χ4n) is 6.51. The zero-order chi connectivity index (χ0) is 34.3. The number of hydrogen-bond acceptors (Lipinski definition) is 6. The minimum atomic E-state index is -5.19. The van der Waals surface area contributed by atoms with Crippen molar-refractivity contribution in [2.75, 3.05) is 11.5 Å². The van der Waals surface area contributed by atoms with E-state index in [0.717, 1.165) is 0 Å². The molecule has 0 bridgehead atoms. The van der Waals surface area contributed by atoms with Gasteiger partial charge in [0.15, 0.2) is 0 Å². The van der Waals surface area contributed by atoms with Crippen LogP contribution in [0.25, 0.3) is 11.6 Å². The molecule has 1 fully saturated rings. The van der Waals surface area contributed by atoms with E-state index < -0.39 is 71.4 Å². The maximum absolute atomic E-state index is 13.7. The molecule has 0 unspecified atom stereocenters. The summed E-state index contributed by atoms with van der Waals surface area (Å²) < 4.78 is 81.3. The summed E-state index contributed by atoms with van der Waals surface area (Å²) in [6.45, 7) is 0.885. The Bertz CT molecular complexity index is 1700. The molecule has 0 saturated carbocycles. The van der Waals surface area contributed by atoms with Crippen molar-refractivity contribution >= 4 is 29.2 Å². The second-order valence-electron chi connectivity index (χ2n) is 11.6. The van der Waals surface area contributed by atoms with Crippen molar-refractivity contribution in [2.24, 2.45) is 17.8 Å². The fourth-order valence-corrected chi connectivity index (χ4v) is 6.51. The van der Waals surface area contributed by atoms with Crippen molar-refractivity contribution in [3.8, 4) is 5.75 Å². The molecular formula is C34H30F6N2O5. The number of aliphatic hydroxyl groups is 2. The van der Waals surface area contributed by atoms with Crippen LogP contribution in [0, 0.1) is 17.8 Å². The third-order valence-electron chi connectivity index (χ3n) is 8.66. The lowest BCUT2D eigenvalue weighted by Gasteiger charge is -2.35. The Labute approximate surface area is 265 Å². The zero-order valence-electron chi connectivity index (χ0n) is 24.9. The van der Waals surface area contributed by atoms with Crippen LogP contribution >= 0.6 is 0 Å². The number of nitrogens with zero attached hydrogens (tertiary/aromatic N) is 2. The molecule has 1 aromatic heterocycles. The highest BCUT2D eigenvalue weighted by Gasteiger charge is 2.55. The summed E-state index contributed by atoms with van der Waals surface area (Å²) in [5.41, 5.74) is -1.74. The molecule has 13 heteroatoms. The van der Waals surface area contributed by atoms with Crippen molar-refractivity contribution in [2.45, 2.75) is 44.6 Å². The molecule has 4 atom stereocenters. The number of aromatic nitrogens is 1. The smallest absolute Gasteiger partial charge is 0.416 e. The van der Waals surface area contributed by atoms with E-state index in [1.165, 1.54) is 6.07 Å². The number of phenolic OH excluding ortho intramolecular Hbond substituents is 1. The third-order valence-corrected chi connectivity index (χ3v) is 8.66. The highest BCUT2D eigenvalue weighted by molar-refractivity contribution is 6.22. The van der Waals surface area contributed by atoms with Gasteiger partial charge in [0, 0.05) is 17.7 Å². The van der Waals surface area contributed by atoms with Crippen molar-refractivity contribution in [1.82, 2.24) is 4.98 Å². The summed E-state index contributed by atoms with van der Waals surface area (Å²) in [7, 11) is 0. The average molecular weight is 661 g/mol. The molecule has 7 nitrogen and oxygen atoms in total. The van der Waals surface area contributed by atoms with Crippen molar-refractivity contribution in [1.29, 1.82) is 0 Å². The molecule has 248 valence electrons. The first-order valence-corrected chi connectivity index (χ1v) is 14.7. The molecule has 2 heterocycles. The topological polar surface area (TPSA) is 111 Å². The quantitative estimate of drug-likeness (QED) is 0.142. The Morgan fingerprint density at radius 1 is 0.979 bits per heavy atom. The number of carbonyl (C=O) groups is 2. The summed E-state index contributed by atoms with van der Waals surface area (Å²) in [5, 5.41) is 32.2. The van der Waals surface area contributed by atoms with Gasteiger partial charge in [-0.25, -0.2) is 4.90 Å². The Hall–Kier alpha value is -4.49. The second kappa shape index (κ2) is 13.0. The molecule has 5 rings (SSSR count). The Morgan fingerprint density at radius 2 is 1.62 bits per heavy atom. The summed E-state index contributed by atoms with van der Waals surface area (Å²) in [6, 6.07) is 12.4. The summed E-state index contributed by atoms with van der Waals surface area (Å²) in [4.78, 5) is 31.9. The first-order chi connectivity index (χ1) is 22.1. The Morgan fingerprint density at radius 3 is 2.19 bits per heavy atom. The van der Waals surface area contributed by atoms with Crippen LogP contribution in [-0.4, -0.2) is 44.8 Å². The molecule has 47 heavy (non-hydrogen) atoms. The van der Waals surface area contributed by atoms with E-state index in [4.69, 9.17) is 0 Å². The number of imide groups is 1. The number of hydrogen-bond donors (Lipinski definition) is 3. The SMILES string of the molecule is CC1=C([C@H](O)CC/C(=C/c2ccccc2O)c2ccccn2)[C@H](CO)[C@@H]2C(=O)N(c3cc(C(F)(F)F)cc(C(F)(F)F)c3)C(=O)[C@@H]2C1. The minimum absolute atomic E-state index is 0.0239. The van der Waals surface area contributed by atoms with Gasteiger partial charge in [-0.15, -0.1) is 0 Å². The number of fused-ring (bicyclic) bond motifs is 1. The normalized spacial score (nSPS) is 21.3. The van der Waals surface area contributed by atoms with E-state index in [1.807, 2.05) is 0 Å². The van der Waals surface area contributed by atoms with E-state index in [1.54, 1.807) is 55.6 Å². The number of allylic oxidation sites excluding steroid dienone is 2. The van der Waals surface area contributed by atoms with Crippen LogP contribution in [-0.2, 0) is 21.9 Å². The molecule has 1 saturated heterocycles. The van der Waals surface area contributed by atoms with Crippen molar-refractivity contribution in [3.05, 3.63) is 100 Å². The Kier molecular flexibility index (Phi) is 9.33. The maximum atomic E-state index is 13.7. The number of aliphatic hydroxyl groups excluding tert-OH is 2. The molecule has 2 aromatic carbocycles. The molecule has 2 aliphatic rings. The standard InChI is InChI=1S/C34H30F6N2O5/c1-18-12-24-30(32(47)42(31(24)46)23-15-21(33(35,36)37)14-22(16-23)34(38,39)40)25(17-43)29(18)28(45)10-9-19(26-7-4-5-11-41-26)13-20-6-2-3-8-27(20)44/h2-8,11,13-16,24-25,28,30,43-45H,9-10,12,17H2,1H3/b19-13-/t24-,25+,28-,30-/m1/s1. The summed E-state index contributed by atoms with van der Waals surface area (Å²) in [5.74, 6) is -5.63. The molecule has 1 aliphatic heterocycles. The van der Waals surface area contributed by atoms with Crippen molar-refractivity contribution in [3.63, 3.8) is 0 Å². The number of phenols is 1. The highest BCUT2D eigenvalue weighted by atomic mass is 19.4. The number of pyridine rings is 1. The van der Waals surface area contributed by atoms with Crippen LogP contribution in [0.2, 0.25) is 0 Å². The number of anilines is 1. The lowest BCUT2D eigenvalue weighted by Crippen LogP contribution is -2.38. The van der Waals surface area contributed by atoms with Crippen LogP contribution < -0.4 is 4.90 Å². The minimum Gasteiger partial charge on any atom is -0.507 e. The van der Waals surface area contributed by atoms with Gasteiger partial charge in [-0.3, -0.25) is 14.6 Å². The fraction of sp³-hybridized carbons (Fsp3) is 0.324. The van der Waals surface area contributed by atoms with Gasteiger partial charge < -0.3 is 15.3 Å². The van der Waals surface area contributed by atoms with Crippen LogP contribution in [0.15, 0.2) is 78.0 Å². The number of halogens is 6. The largest absolute Gasteiger partial charge is 0.507 e. The number of carbonyl (C=O) groups excluding carboxylic acids is 2. The molecule has 1 aliphatic carbocycles. The van der Waals surface area contributed by atoms with E-state index in [9.17, 15) is 51.3 Å². The number of alkyl halides is 6. The van der Waals surface area contributed by atoms with Gasteiger partial charge in [0.25, 0.3) is 0 Å². The van der Waals surface area contributed by atoms with E-state index in [0.29, 0.717) is 39.4 Å². The molecule has 2 amide bonds. The van der Waals surface area contributed by atoms with Crippen LogP contribution in [0.1, 0.15) is 48.6 Å². The van der Waals surface area contributed by atoms with Gasteiger partial charge in [-0.1, -0.05) is 29.8 Å². The van der Waals surface area contributed by atoms with Crippen LogP contribution in [0.5, 0.6) is 5.75 Å². The van der Waals surface area contributed by atoms with Gasteiger partial charge in [-0.2, -0.15) is 26.3 Å². The average Bonchev–Trinajstić information content (AvgIpc) is 3.27. The summed E-state index contributed by atoms with van der Waals surface area (Å²) >= 11 is 0. The molecule has 3 N–H and O–H groups in total. The molecule has 0 spiro atoms. The number of aromatic hydroxyl groups is 1. The molecule has 0 radical (unpaired) electrons. The van der Waals surface area contributed by atoms with Crippen molar-refractivity contribution < 1.29 is 51.3 Å². The van der Waals surface area contributed by atoms with Gasteiger partial charge in [0.1, 0.15) is 5.75 Å². The van der Waals surface area contributed by atoms with Crippen LogP contribution in [0.4, 0.5) is 32.0 Å². The second-order valence-corrected chi connectivity index (χ2v) is 11.6. The summed E-state index contributed by atoms with van der Waals surface area (Å²) in [6.07, 6.45) is -8.15. The van der Waals surface area contributed by atoms with E-state index in [2.05, 4.69) is 4.98 Å². The number of para-hydroxylation sites is 1. The lowest BCUT2D eigenvalue weighted by molar-refractivity contribution is -0.143. The highest BCUT2D eigenvalue weighted by Crippen LogP contribution is 2.48. The van der Waals surface area contributed by atoms with Gasteiger partial charge in [0.05, 0.1) is 47.1 Å². The zero-order valence-corrected chi connectivity index (χ0v) is 24.9. The predicted octanol–water partition coefficient (Wildman–Crippen LogP) is 6.64. The predicted molar refractivity (Wildman–Crippen MR) is 159 cm³/mol. The van der Waals surface area contributed by atoms with Crippen LogP contribution in [0.3, 0.4) is 0 Å². The number of amides is 2. The first-order valence-electron chi connectivity index (χ1n) is 14.7. The third kappa shape index (κ3) is 6.82. The molecule has 3 aromatic rings. The van der Waals surface area contributed by atoms with E-state index >= 15 is 0 Å². The number of rotatable bonds is 8. The van der Waals surface area contributed by atoms with Gasteiger partial charge >= 0.3 is 12.4 Å². The monoisotopic (exact) mass is 660 g/mol. The Balaban J connectivity index is 1.45. The lowest BCUT2D eigenvalue weighted by atomic mass is 9.68. The van der Waals surface area contributed by atoms with Gasteiger partial charge in [-0.05, 0) is 79.8 Å². The molecular weight excluding hydrogens is 630 g/mol. The van der Waals surface area contributed by atoms with E-state index in [-0.39, 0.29) is 36.7 Å². The number of benzene rings is 2. The first kappa shape index (κ1) is 33.9. The van der Waals surface area contributed by atoms with Gasteiger partial charge in [0.2, 0.25) is 11.8 Å².